The monoisotopic (exact) mass is 781 g/mol. The smallest absolute Gasteiger partial charge is 0.870 e. The number of nitrogen functional groups attached to an aromatic ring is 1. The number of phenolic OH excluding ortho intramolecular Hbond substituents is 1. The second kappa shape index (κ2) is 17.5. The molecule has 254 valence electrons. The molecule has 5 N–H and O–H groups in total. The zero-order valence-electron chi connectivity index (χ0n) is 25.4. The molecule has 0 aliphatic rings. The second-order valence-corrected chi connectivity index (χ2v) is 13.8. The number of benzene rings is 5. The SMILES string of the molecule is Nc1cc2c(O)c(N=Nc3ccc(N=Nc4ccc(S(=O)(=O)[O-])cc4)c4ccc(S(=O)(=O)[O-])cc34)c([S-](=O)=O)cc2cc1[S-](=O)=O.[Na+].[Na+].[OH-].[OH-]. The Morgan fingerprint density at radius 1 is 0.600 bits per heavy atom. The molecule has 5 rings (SSSR count). The predicted octanol–water partition coefficient (Wildman–Crippen LogP) is -1.09. The number of nitrogens with two attached hydrogens (primary N) is 1. The molecule has 0 aliphatic heterocycles. The number of anilines is 1. The number of fused-ring (bicyclic) bond motifs is 2. The van der Waals surface area contributed by atoms with Crippen molar-refractivity contribution in [2.75, 3.05) is 5.73 Å². The molecular weight excluding hydrogens is 765 g/mol. The topological polar surface area (TPSA) is 338 Å². The van der Waals surface area contributed by atoms with E-state index in [4.69, 9.17) is 5.73 Å². The molecule has 0 aromatic heterocycles. The minimum absolute atomic E-state index is 0. The number of hydrogen-bond donors (Lipinski definition) is 2. The molecule has 18 nitrogen and oxygen atoms in total. The van der Waals surface area contributed by atoms with Gasteiger partial charge < -0.3 is 47.7 Å². The van der Waals surface area contributed by atoms with E-state index in [1.807, 2.05) is 0 Å². The fourth-order valence-electron chi connectivity index (χ4n) is 4.28. The molecule has 0 aliphatic carbocycles. The van der Waals surface area contributed by atoms with Gasteiger partial charge in [0, 0.05) is 21.8 Å². The van der Waals surface area contributed by atoms with E-state index in [0.29, 0.717) is 0 Å². The van der Waals surface area contributed by atoms with Crippen LogP contribution in [0, 0.1) is 0 Å². The summed E-state index contributed by atoms with van der Waals surface area (Å²) in [7, 11) is -15.4. The van der Waals surface area contributed by atoms with Crippen molar-refractivity contribution in [2.45, 2.75) is 19.6 Å². The number of phenols is 1. The molecular formula is C26H17N5Na2O13S4-4. The maximum absolute atomic E-state index is 12.1. The van der Waals surface area contributed by atoms with Crippen molar-refractivity contribution in [3.05, 3.63) is 72.8 Å². The van der Waals surface area contributed by atoms with Crippen LogP contribution in [0.25, 0.3) is 21.5 Å². The van der Waals surface area contributed by atoms with Crippen molar-refractivity contribution in [1.82, 2.24) is 0 Å². The van der Waals surface area contributed by atoms with Gasteiger partial charge in [-0.3, -0.25) is 0 Å². The maximum atomic E-state index is 12.1. The summed E-state index contributed by atoms with van der Waals surface area (Å²) in [5.74, 6) is -0.705. The van der Waals surface area contributed by atoms with Crippen LogP contribution in [0.5, 0.6) is 5.75 Å². The summed E-state index contributed by atoms with van der Waals surface area (Å²) in [4.78, 5) is -2.01. The Balaban J connectivity index is 0.00000312. The number of aromatic hydroxyl groups is 1. The molecule has 50 heavy (non-hydrogen) atoms. The third kappa shape index (κ3) is 9.68. The summed E-state index contributed by atoms with van der Waals surface area (Å²) < 4.78 is 116. The molecule has 0 unspecified atom stereocenters. The van der Waals surface area contributed by atoms with Gasteiger partial charge in [-0.2, -0.15) is 5.11 Å². The Labute approximate surface area is 330 Å². The Morgan fingerprint density at radius 3 is 1.64 bits per heavy atom. The number of azo groups is 2. The maximum Gasteiger partial charge on any atom is 1.00 e. The zero-order chi connectivity index (χ0) is 33.6. The van der Waals surface area contributed by atoms with Crippen molar-refractivity contribution in [1.29, 1.82) is 0 Å². The largest absolute Gasteiger partial charge is 1.00 e. The predicted molar refractivity (Wildman–Crippen MR) is 163 cm³/mol. The van der Waals surface area contributed by atoms with Gasteiger partial charge in [0.2, 0.25) is 0 Å². The van der Waals surface area contributed by atoms with Crippen LogP contribution in [-0.4, -0.2) is 42.0 Å². The molecule has 5 aromatic carbocycles. The Hall–Kier alpha value is -2.94. The summed E-state index contributed by atoms with van der Waals surface area (Å²) in [6.07, 6.45) is 0. The summed E-state index contributed by atoms with van der Waals surface area (Å²) >= 11 is 0. The van der Waals surface area contributed by atoms with E-state index in [0.717, 1.165) is 42.5 Å². The van der Waals surface area contributed by atoms with Gasteiger partial charge in [0.1, 0.15) is 31.7 Å². The molecule has 5 aromatic rings. The van der Waals surface area contributed by atoms with Gasteiger partial charge in [0.25, 0.3) is 0 Å². The number of nitrogens with zero attached hydrogens (tertiary/aromatic N) is 4. The van der Waals surface area contributed by atoms with Gasteiger partial charge in [-0.25, -0.2) is 16.8 Å². The fourth-order valence-corrected chi connectivity index (χ4v) is 6.24. The summed E-state index contributed by atoms with van der Waals surface area (Å²) in [6, 6.07) is 13.6. The molecule has 0 saturated carbocycles. The molecule has 0 amide bonds. The van der Waals surface area contributed by atoms with Gasteiger partial charge in [-0.1, -0.05) is 23.1 Å². The van der Waals surface area contributed by atoms with E-state index in [-0.39, 0.29) is 119 Å². The van der Waals surface area contributed by atoms with Crippen LogP contribution in [0.2, 0.25) is 0 Å². The van der Waals surface area contributed by atoms with E-state index in [9.17, 15) is 47.9 Å². The molecule has 0 atom stereocenters. The molecule has 0 saturated heterocycles. The second-order valence-electron chi connectivity index (χ2n) is 9.27. The Bertz CT molecular complexity index is 2530. The van der Waals surface area contributed by atoms with Gasteiger partial charge in [-0.05, 0) is 86.3 Å². The first-order valence-corrected chi connectivity index (χ1v) is 17.2. The minimum atomic E-state index is -4.95. The first kappa shape index (κ1) is 45.1. The third-order valence-electron chi connectivity index (χ3n) is 6.43. The summed E-state index contributed by atoms with van der Waals surface area (Å²) in [5.41, 5.74) is 5.18. The first-order chi connectivity index (χ1) is 21.5. The number of hydrogen-bond acceptors (Lipinski definition) is 20. The normalized spacial score (nSPS) is 11.8. The van der Waals surface area contributed by atoms with Crippen molar-refractivity contribution in [2.24, 2.45) is 20.5 Å². The average Bonchev–Trinajstić information content (AvgIpc) is 2.98. The first-order valence-electron chi connectivity index (χ1n) is 12.2. The van der Waals surface area contributed by atoms with Crippen LogP contribution in [0.4, 0.5) is 28.4 Å². The fraction of sp³-hybridized carbons (Fsp3) is 0. The zero-order valence-corrected chi connectivity index (χ0v) is 32.6. The van der Waals surface area contributed by atoms with Crippen LogP contribution in [0.3, 0.4) is 0 Å². The molecule has 0 bridgehead atoms. The van der Waals surface area contributed by atoms with Crippen LogP contribution in [0.15, 0.2) is 113 Å². The van der Waals surface area contributed by atoms with Crippen molar-refractivity contribution in [3.63, 3.8) is 0 Å². The minimum Gasteiger partial charge on any atom is -0.870 e. The van der Waals surface area contributed by atoms with Gasteiger partial charge in [0.05, 0.1) is 26.9 Å². The van der Waals surface area contributed by atoms with E-state index >= 15 is 0 Å². The quantitative estimate of drug-likeness (QED) is 0.0621. The van der Waals surface area contributed by atoms with Crippen LogP contribution < -0.4 is 64.8 Å². The summed E-state index contributed by atoms with van der Waals surface area (Å²) in [5, 5.41) is 27.1. The summed E-state index contributed by atoms with van der Waals surface area (Å²) in [6.45, 7) is 0. The van der Waals surface area contributed by atoms with Gasteiger partial charge >= 0.3 is 59.1 Å². The van der Waals surface area contributed by atoms with E-state index in [2.05, 4.69) is 20.5 Å². The number of rotatable bonds is 8. The molecule has 0 fully saturated rings. The Morgan fingerprint density at radius 2 is 1.10 bits per heavy atom. The molecule has 0 heterocycles. The van der Waals surface area contributed by atoms with Crippen molar-refractivity contribution >= 4 is 91.6 Å². The van der Waals surface area contributed by atoms with Crippen LogP contribution in [-0.2, 0) is 58.5 Å². The third-order valence-corrected chi connectivity index (χ3v) is 9.49. The average molecular weight is 782 g/mol. The van der Waals surface area contributed by atoms with Crippen LogP contribution in [0.1, 0.15) is 0 Å². The Kier molecular flexibility index (Phi) is 15.8. The van der Waals surface area contributed by atoms with E-state index in [1.54, 1.807) is 0 Å². The van der Waals surface area contributed by atoms with Crippen LogP contribution >= 0.6 is 0 Å². The molecule has 0 radical (unpaired) electrons. The van der Waals surface area contributed by atoms with E-state index in [1.165, 1.54) is 30.3 Å². The molecule has 0 spiro atoms. The molecule has 24 heteroatoms. The van der Waals surface area contributed by atoms with Crippen molar-refractivity contribution in [3.8, 4) is 5.75 Å². The van der Waals surface area contributed by atoms with E-state index < -0.39 is 67.8 Å². The standard InChI is InChI=1S/C26H17N5O11S4.2Na.2H2O/c27-20-12-18-13(9-23(20)43(33)34)10-24(44(35)36)25(26(18)32)31-30-22-8-7-21(17-6-5-16(11-19(17)22)46(40,41)42)29-28-14-1-3-15(4-2-14)45(37,38)39;;;;/h1-12,32H,27H2,(H,37,38,39)(H,40,41,42);;;2*1H2/q-2;2*+1;;/p-4. The van der Waals surface area contributed by atoms with Gasteiger partial charge in [-0.15, -0.1) is 15.3 Å². The van der Waals surface area contributed by atoms with Crippen molar-refractivity contribution < 1.29 is 118 Å². The van der Waals surface area contributed by atoms with Gasteiger partial charge in [0.15, 0.2) is 0 Å².